The number of anilines is 1. The Bertz CT molecular complexity index is 1700. The van der Waals surface area contributed by atoms with Crippen LogP contribution in [0.15, 0.2) is 66.7 Å². The van der Waals surface area contributed by atoms with Crippen LogP contribution in [0.25, 0.3) is 11.1 Å². The normalized spacial score (nSPS) is 26.6. The van der Waals surface area contributed by atoms with Gasteiger partial charge in [-0.05, 0) is 71.8 Å². The van der Waals surface area contributed by atoms with Gasteiger partial charge < -0.3 is 30.5 Å². The number of ether oxygens (including phenoxy) is 1. The molecule has 0 spiro atoms. The molecule has 4 aliphatic rings. The van der Waals surface area contributed by atoms with Gasteiger partial charge in [0.25, 0.3) is 5.91 Å². The van der Waals surface area contributed by atoms with Gasteiger partial charge in [0.15, 0.2) is 0 Å². The maximum atomic E-state index is 14.1. The third kappa shape index (κ3) is 7.37. The highest BCUT2D eigenvalue weighted by Crippen LogP contribution is 2.61. The standard InChI is InChI=1S/C41H54N4O6/c1-25-34-20-30(41(34,2)3)21-35(25)43-40(49)37-33(23-46)36(24-47)51-45(37)22-27-13-10-14-32(38(27)50-6)28-17-29(19-31(18-28)44(4)5)39(48)42-16-15-26-11-8-7-9-12-26/h7-14,17-19,25,30,33-37,46-47H,15-16,20-24H2,1-6H3,(H,42,48)(H,43,49)/t25-,30+,33?,34-,35-,36-,37-/m0/s1. The summed E-state index contributed by atoms with van der Waals surface area (Å²) < 4.78 is 6.03. The summed E-state index contributed by atoms with van der Waals surface area (Å²) in [5, 5.41) is 28.6. The number of carbonyl (C=O) groups is 2. The van der Waals surface area contributed by atoms with Crippen molar-refractivity contribution in [3.63, 3.8) is 0 Å². The molecule has 3 aromatic carbocycles. The number of carbonyl (C=O) groups excluding carboxylic acids is 2. The summed E-state index contributed by atoms with van der Waals surface area (Å²) in [6, 6.07) is 20.9. The Balaban J connectivity index is 1.24. The van der Waals surface area contributed by atoms with Crippen molar-refractivity contribution in [1.29, 1.82) is 0 Å². The van der Waals surface area contributed by atoms with Crippen LogP contribution in [0.3, 0.4) is 0 Å². The second-order valence-electron chi connectivity index (χ2n) is 15.4. The number of rotatable bonds is 13. The lowest BCUT2D eigenvalue weighted by Gasteiger charge is -2.62. The van der Waals surface area contributed by atoms with E-state index in [0.717, 1.165) is 40.8 Å². The van der Waals surface area contributed by atoms with Crippen LogP contribution in [-0.2, 0) is 22.6 Å². The molecule has 1 unspecified atom stereocenters. The Kier molecular flexibility index (Phi) is 11.1. The van der Waals surface area contributed by atoms with Crippen LogP contribution in [0.1, 0.15) is 55.1 Å². The first-order valence-corrected chi connectivity index (χ1v) is 18.2. The van der Waals surface area contributed by atoms with Gasteiger partial charge >= 0.3 is 0 Å². The zero-order chi connectivity index (χ0) is 36.4. The molecule has 3 aromatic rings. The third-order valence-corrected chi connectivity index (χ3v) is 12.0. The van der Waals surface area contributed by atoms with Gasteiger partial charge in [-0.3, -0.25) is 14.4 Å². The quantitative estimate of drug-likeness (QED) is 0.203. The molecule has 10 nitrogen and oxygen atoms in total. The first-order valence-electron chi connectivity index (χ1n) is 18.2. The van der Waals surface area contributed by atoms with Crippen molar-refractivity contribution in [3.8, 4) is 16.9 Å². The molecular formula is C41H54N4O6. The molecule has 4 fully saturated rings. The predicted molar refractivity (Wildman–Crippen MR) is 198 cm³/mol. The zero-order valence-corrected chi connectivity index (χ0v) is 30.8. The van der Waals surface area contributed by atoms with Gasteiger partial charge in [0.05, 0.1) is 26.9 Å². The minimum Gasteiger partial charge on any atom is -0.496 e. The van der Waals surface area contributed by atoms with E-state index in [4.69, 9.17) is 9.57 Å². The van der Waals surface area contributed by atoms with Gasteiger partial charge in [0.1, 0.15) is 17.9 Å². The van der Waals surface area contributed by atoms with Crippen molar-refractivity contribution in [3.05, 3.63) is 83.4 Å². The van der Waals surface area contributed by atoms with E-state index in [1.54, 1.807) is 12.2 Å². The van der Waals surface area contributed by atoms with E-state index in [9.17, 15) is 19.8 Å². The highest BCUT2D eigenvalue weighted by atomic mass is 16.7. The molecule has 2 bridgehead atoms. The Morgan fingerprint density at radius 1 is 1.02 bits per heavy atom. The minimum absolute atomic E-state index is 0.0511. The molecule has 7 rings (SSSR count). The number of nitrogens with zero attached hydrogens (tertiary/aromatic N) is 2. The minimum atomic E-state index is -0.803. The molecule has 1 heterocycles. The summed E-state index contributed by atoms with van der Waals surface area (Å²) in [5.41, 5.74) is 5.20. The molecule has 51 heavy (non-hydrogen) atoms. The van der Waals surface area contributed by atoms with Crippen molar-refractivity contribution in [2.45, 2.75) is 64.8 Å². The summed E-state index contributed by atoms with van der Waals surface area (Å²) in [5.74, 6) is 1.11. The molecule has 2 amide bonds. The Morgan fingerprint density at radius 3 is 2.43 bits per heavy atom. The number of para-hydroxylation sites is 1. The Labute approximate surface area is 302 Å². The van der Waals surface area contributed by atoms with Crippen LogP contribution in [0.4, 0.5) is 5.69 Å². The summed E-state index contributed by atoms with van der Waals surface area (Å²) in [4.78, 5) is 35.6. The molecule has 10 heteroatoms. The molecule has 1 aliphatic heterocycles. The van der Waals surface area contributed by atoms with E-state index in [0.29, 0.717) is 41.0 Å². The molecule has 4 N–H and O–H groups in total. The number of hydroxylamine groups is 2. The fourth-order valence-electron chi connectivity index (χ4n) is 8.76. The molecular weight excluding hydrogens is 644 g/mol. The summed E-state index contributed by atoms with van der Waals surface area (Å²) in [7, 11) is 5.48. The second kappa shape index (κ2) is 15.3. The van der Waals surface area contributed by atoms with Gasteiger partial charge in [-0.15, -0.1) is 0 Å². The lowest BCUT2D eigenvalue weighted by atomic mass is 9.45. The van der Waals surface area contributed by atoms with Crippen molar-refractivity contribution in [2.24, 2.45) is 29.1 Å². The van der Waals surface area contributed by atoms with Crippen LogP contribution in [-0.4, -0.2) is 86.2 Å². The fourth-order valence-corrected chi connectivity index (χ4v) is 8.76. The van der Waals surface area contributed by atoms with E-state index in [1.165, 1.54) is 6.42 Å². The van der Waals surface area contributed by atoms with Crippen molar-refractivity contribution in [1.82, 2.24) is 15.7 Å². The number of hydrogen-bond donors (Lipinski definition) is 4. The van der Waals surface area contributed by atoms with E-state index in [2.05, 4.69) is 31.4 Å². The summed E-state index contributed by atoms with van der Waals surface area (Å²) in [6.45, 7) is 6.97. The van der Waals surface area contributed by atoms with Gasteiger partial charge in [0.2, 0.25) is 5.91 Å². The maximum absolute atomic E-state index is 14.1. The Morgan fingerprint density at radius 2 is 1.78 bits per heavy atom. The van der Waals surface area contributed by atoms with E-state index < -0.39 is 18.1 Å². The lowest BCUT2D eigenvalue weighted by molar-refractivity contribution is -0.183. The smallest absolute Gasteiger partial charge is 0.251 e. The van der Waals surface area contributed by atoms with Crippen LogP contribution < -0.4 is 20.3 Å². The number of amides is 2. The first-order chi connectivity index (χ1) is 24.5. The van der Waals surface area contributed by atoms with Gasteiger partial charge in [-0.25, -0.2) is 0 Å². The molecule has 274 valence electrons. The average Bonchev–Trinajstić information content (AvgIpc) is 3.49. The number of aliphatic hydroxyl groups excluding tert-OH is 2. The van der Waals surface area contributed by atoms with E-state index >= 15 is 0 Å². The van der Waals surface area contributed by atoms with Gasteiger partial charge in [-0.1, -0.05) is 69.3 Å². The number of nitrogens with one attached hydrogen (secondary N) is 2. The molecule has 1 saturated heterocycles. The topological polar surface area (TPSA) is 124 Å². The van der Waals surface area contributed by atoms with E-state index in [1.807, 2.05) is 85.7 Å². The van der Waals surface area contributed by atoms with Gasteiger partial charge in [-0.2, -0.15) is 5.06 Å². The van der Waals surface area contributed by atoms with Crippen LogP contribution in [0.5, 0.6) is 5.75 Å². The first kappa shape index (κ1) is 36.8. The highest BCUT2D eigenvalue weighted by molar-refractivity contribution is 5.97. The monoisotopic (exact) mass is 698 g/mol. The van der Waals surface area contributed by atoms with Crippen molar-refractivity contribution < 1.29 is 29.4 Å². The number of hydrogen-bond acceptors (Lipinski definition) is 8. The Hall–Kier alpha value is -3.96. The third-order valence-electron chi connectivity index (χ3n) is 12.0. The number of methoxy groups -OCH3 is 1. The fraction of sp³-hybridized carbons (Fsp3) is 0.512. The molecule has 0 aromatic heterocycles. The maximum Gasteiger partial charge on any atom is 0.251 e. The average molecular weight is 699 g/mol. The molecule has 0 radical (unpaired) electrons. The molecule has 7 atom stereocenters. The zero-order valence-electron chi connectivity index (χ0n) is 30.8. The van der Waals surface area contributed by atoms with Crippen LogP contribution >= 0.6 is 0 Å². The van der Waals surface area contributed by atoms with Crippen molar-refractivity contribution in [2.75, 3.05) is 45.9 Å². The summed E-state index contributed by atoms with van der Waals surface area (Å²) >= 11 is 0. The second-order valence-corrected chi connectivity index (χ2v) is 15.4. The number of benzene rings is 3. The largest absolute Gasteiger partial charge is 0.496 e. The SMILES string of the molecule is COc1c(CN2O[C@@H](CO)C(CO)[C@H]2C(=O)N[C@H]2C[C@H]3C[C@@H]([C@@H]2C)C3(C)C)cccc1-c1cc(C(=O)NCCc2ccccc2)cc(N(C)C)c1. The van der Waals surface area contributed by atoms with Crippen LogP contribution in [0.2, 0.25) is 0 Å². The van der Waals surface area contributed by atoms with E-state index in [-0.39, 0.29) is 37.6 Å². The molecule has 3 aliphatic carbocycles. The molecule has 3 saturated carbocycles. The number of fused-ring (bicyclic) bond motifs is 2. The van der Waals surface area contributed by atoms with Crippen LogP contribution in [0, 0.1) is 29.1 Å². The number of aliphatic hydroxyl groups is 2. The van der Waals surface area contributed by atoms with Gasteiger partial charge in [0, 0.05) is 55.0 Å². The highest BCUT2D eigenvalue weighted by Gasteiger charge is 2.57. The summed E-state index contributed by atoms with van der Waals surface area (Å²) in [6.07, 6.45) is 2.15. The van der Waals surface area contributed by atoms with Crippen molar-refractivity contribution >= 4 is 17.5 Å². The lowest BCUT2D eigenvalue weighted by Crippen LogP contribution is -2.62. The predicted octanol–water partition coefficient (Wildman–Crippen LogP) is 4.67.